The number of hydrogen-bond donors (Lipinski definition) is 4. The van der Waals surface area contributed by atoms with Crippen LogP contribution in [-0.2, 0) is 4.79 Å². The van der Waals surface area contributed by atoms with Gasteiger partial charge in [0.1, 0.15) is 5.84 Å². The highest BCUT2D eigenvalue weighted by atomic mass is 16.2. The Balaban J connectivity index is 1.23. The van der Waals surface area contributed by atoms with Gasteiger partial charge in [-0.3, -0.25) is 10.2 Å². The second-order valence-electron chi connectivity index (χ2n) is 10.8. The van der Waals surface area contributed by atoms with Crippen molar-refractivity contribution < 1.29 is 4.79 Å². The summed E-state index contributed by atoms with van der Waals surface area (Å²) in [4.78, 5) is 19.2. The number of carbonyl (C=O) groups is 1. The number of nitrogens with one attached hydrogen (secondary N) is 3. The number of piperidine rings is 2. The van der Waals surface area contributed by atoms with E-state index in [9.17, 15) is 4.79 Å². The first-order chi connectivity index (χ1) is 15.0. The highest BCUT2D eigenvalue weighted by molar-refractivity contribution is 5.89. The van der Waals surface area contributed by atoms with Crippen molar-refractivity contribution in [3.63, 3.8) is 0 Å². The number of amides is 1. The first kappa shape index (κ1) is 19.4. The fraction of sp³-hybridized carbons (Fsp3) is 0.600. The fourth-order valence-electron chi connectivity index (χ4n) is 7.33. The molecule has 5 N–H and O–H groups in total. The largest absolute Gasteiger partial charge is 0.361 e. The molecule has 1 amide bonds. The monoisotopic (exact) mass is 419 g/mol. The molecule has 5 aliphatic rings. The number of amidine groups is 1. The molecule has 164 valence electrons. The molecular weight excluding hydrogens is 386 g/mol. The molecule has 0 radical (unpaired) electrons. The van der Waals surface area contributed by atoms with Gasteiger partial charge in [-0.15, -0.1) is 0 Å². The average Bonchev–Trinajstić information content (AvgIpc) is 3.50. The summed E-state index contributed by atoms with van der Waals surface area (Å²) in [6, 6.07) is 7.11. The van der Waals surface area contributed by atoms with E-state index in [4.69, 9.17) is 11.3 Å². The van der Waals surface area contributed by atoms with Crippen LogP contribution in [0.2, 0.25) is 0 Å². The minimum absolute atomic E-state index is 0.135. The number of carbonyl (C=O) groups excluding carboxylic acids is 1. The molecule has 2 aliphatic heterocycles. The van der Waals surface area contributed by atoms with Gasteiger partial charge in [0.15, 0.2) is 0 Å². The Hall–Kier alpha value is -2.34. The minimum Gasteiger partial charge on any atom is -0.361 e. The van der Waals surface area contributed by atoms with E-state index < -0.39 is 0 Å². The van der Waals surface area contributed by atoms with Crippen molar-refractivity contribution in [2.75, 3.05) is 0 Å². The summed E-state index contributed by atoms with van der Waals surface area (Å²) in [5.74, 6) is 7.91. The molecule has 3 saturated carbocycles. The third-order valence-electron chi connectivity index (χ3n) is 8.69. The molecule has 4 bridgehead atoms. The van der Waals surface area contributed by atoms with Crippen LogP contribution in [0.4, 0.5) is 0 Å². The highest BCUT2D eigenvalue weighted by Crippen LogP contribution is 2.56. The van der Waals surface area contributed by atoms with Crippen LogP contribution in [0, 0.1) is 16.7 Å². The lowest BCUT2D eigenvalue weighted by molar-refractivity contribution is -0.153. The molecule has 5 fully saturated rings. The van der Waals surface area contributed by atoms with Gasteiger partial charge >= 0.3 is 0 Å². The van der Waals surface area contributed by atoms with E-state index >= 15 is 0 Å². The molecule has 3 unspecified atom stereocenters. The topological polar surface area (TPSA) is 98.0 Å². The molecule has 7 rings (SSSR count). The highest BCUT2D eigenvalue weighted by Gasteiger charge is 2.57. The summed E-state index contributed by atoms with van der Waals surface area (Å²) in [5, 5.41) is 9.74. The van der Waals surface area contributed by atoms with E-state index in [-0.39, 0.29) is 23.4 Å². The smallest absolute Gasteiger partial charge is 0.223 e. The third kappa shape index (κ3) is 2.94. The number of benzene rings is 1. The lowest BCUT2D eigenvalue weighted by Gasteiger charge is -2.61. The minimum atomic E-state index is -0.135. The number of nitrogens with two attached hydrogens (primary N) is 1. The Morgan fingerprint density at radius 3 is 2.71 bits per heavy atom. The number of hydrogen-bond acceptors (Lipinski definition) is 3. The van der Waals surface area contributed by atoms with Crippen LogP contribution >= 0.6 is 0 Å². The predicted molar refractivity (Wildman–Crippen MR) is 122 cm³/mol. The summed E-state index contributed by atoms with van der Waals surface area (Å²) in [6.07, 6.45) is 10.3. The lowest BCUT2D eigenvalue weighted by atomic mass is 9.54. The fourth-order valence-corrected chi connectivity index (χ4v) is 7.33. The summed E-state index contributed by atoms with van der Waals surface area (Å²) < 4.78 is 0. The van der Waals surface area contributed by atoms with Crippen molar-refractivity contribution in [3.8, 4) is 0 Å². The molecule has 1 aromatic heterocycles. The zero-order valence-corrected chi connectivity index (χ0v) is 18.3. The van der Waals surface area contributed by atoms with Crippen LogP contribution < -0.4 is 11.3 Å². The average molecular weight is 420 g/mol. The van der Waals surface area contributed by atoms with Crippen LogP contribution in [0.1, 0.15) is 81.3 Å². The van der Waals surface area contributed by atoms with Gasteiger partial charge in [-0.2, -0.15) is 0 Å². The first-order valence-corrected chi connectivity index (χ1v) is 12.0. The Bertz CT molecular complexity index is 1040. The number of rotatable bonds is 5. The third-order valence-corrected chi connectivity index (χ3v) is 8.69. The van der Waals surface area contributed by atoms with Crippen molar-refractivity contribution >= 4 is 22.6 Å². The van der Waals surface area contributed by atoms with Gasteiger partial charge in [0.2, 0.25) is 5.91 Å². The second kappa shape index (κ2) is 6.83. The van der Waals surface area contributed by atoms with Gasteiger partial charge in [-0.1, -0.05) is 19.1 Å². The van der Waals surface area contributed by atoms with Crippen molar-refractivity contribution in [1.82, 2.24) is 15.3 Å². The van der Waals surface area contributed by atoms with Gasteiger partial charge in [0.05, 0.1) is 0 Å². The van der Waals surface area contributed by atoms with Crippen LogP contribution in [0.15, 0.2) is 24.4 Å². The molecule has 3 atom stereocenters. The number of aromatic amines is 1. The Labute approximate surface area is 183 Å². The number of nitrogens with zero attached hydrogens (tertiary/aromatic N) is 1. The van der Waals surface area contributed by atoms with E-state index in [1.165, 1.54) is 34.9 Å². The van der Waals surface area contributed by atoms with Crippen molar-refractivity contribution in [2.45, 2.75) is 82.2 Å². The first-order valence-electron chi connectivity index (χ1n) is 12.0. The lowest BCUT2D eigenvalue weighted by Crippen LogP contribution is -2.66. The summed E-state index contributed by atoms with van der Waals surface area (Å²) >= 11 is 0. The van der Waals surface area contributed by atoms with Gasteiger partial charge in [-0.25, -0.2) is 5.84 Å². The zero-order chi connectivity index (χ0) is 21.3. The van der Waals surface area contributed by atoms with Gasteiger partial charge in [0, 0.05) is 41.0 Å². The van der Waals surface area contributed by atoms with E-state index in [1.807, 2.05) is 0 Å². The molecule has 2 saturated heterocycles. The maximum absolute atomic E-state index is 13.6. The zero-order valence-electron chi connectivity index (χ0n) is 18.3. The quantitative estimate of drug-likeness (QED) is 0.254. The molecule has 0 spiro atoms. The summed E-state index contributed by atoms with van der Waals surface area (Å²) in [5.41, 5.74) is 6.44. The van der Waals surface area contributed by atoms with E-state index in [2.05, 4.69) is 46.6 Å². The van der Waals surface area contributed by atoms with Gasteiger partial charge in [0.25, 0.3) is 0 Å². The van der Waals surface area contributed by atoms with Gasteiger partial charge < -0.3 is 15.3 Å². The number of H-pyrrole nitrogens is 1. The Morgan fingerprint density at radius 1 is 1.29 bits per heavy atom. The predicted octanol–water partition coefficient (Wildman–Crippen LogP) is 4.14. The summed E-state index contributed by atoms with van der Waals surface area (Å²) in [6.45, 7) is 2.21. The second-order valence-corrected chi connectivity index (χ2v) is 10.8. The molecule has 3 aliphatic carbocycles. The molecule has 6 nitrogen and oxygen atoms in total. The van der Waals surface area contributed by atoms with E-state index in [0.717, 1.165) is 32.1 Å². The molecule has 6 heteroatoms. The molecule has 3 heterocycles. The standard InChI is InChI=1S/C25H33N5O/c1-14(20-13-28-21-4-2-3-19(23(20)21)16-5-6-16)7-22(31)30-17-8-15-9-18(30)12-25(10-15,11-17)24(26)29-27/h2-4,13-18,28H,5-12,27H2,1H3,(H2,26,29). The van der Waals surface area contributed by atoms with Gasteiger partial charge in [-0.05, 0) is 79.9 Å². The maximum atomic E-state index is 13.6. The van der Waals surface area contributed by atoms with Crippen molar-refractivity contribution in [2.24, 2.45) is 17.2 Å². The summed E-state index contributed by atoms with van der Waals surface area (Å²) in [7, 11) is 0. The van der Waals surface area contributed by atoms with E-state index in [1.54, 1.807) is 0 Å². The molecule has 2 aromatic rings. The molecular formula is C25H33N5O. The Morgan fingerprint density at radius 2 is 2.03 bits per heavy atom. The number of aromatic nitrogens is 1. The normalized spacial score (nSPS) is 32.5. The Kier molecular flexibility index (Phi) is 4.26. The van der Waals surface area contributed by atoms with Crippen molar-refractivity contribution in [1.29, 1.82) is 5.41 Å². The molecule has 1 aromatic carbocycles. The van der Waals surface area contributed by atoms with Crippen molar-refractivity contribution in [3.05, 3.63) is 35.5 Å². The van der Waals surface area contributed by atoms with Crippen LogP contribution in [0.3, 0.4) is 0 Å². The van der Waals surface area contributed by atoms with Crippen LogP contribution in [0.25, 0.3) is 10.9 Å². The SMILES string of the molecule is CC(CC(=O)N1C2CC3CC1CC(C(=N)NN)(C3)C2)c1c[nH]c2cccc(C3CC3)c12. The van der Waals surface area contributed by atoms with Crippen LogP contribution in [-0.4, -0.2) is 33.7 Å². The number of fused-ring (bicyclic) bond motifs is 1. The van der Waals surface area contributed by atoms with E-state index in [0.29, 0.717) is 30.0 Å². The number of hydrazine groups is 1. The maximum Gasteiger partial charge on any atom is 0.223 e. The van der Waals surface area contributed by atoms with Crippen LogP contribution in [0.5, 0.6) is 0 Å². The molecule has 31 heavy (non-hydrogen) atoms.